The summed E-state index contributed by atoms with van der Waals surface area (Å²) < 4.78 is 69.4. The Hall–Kier alpha value is -3.39. The van der Waals surface area contributed by atoms with Gasteiger partial charge in [0.15, 0.2) is 0 Å². The Kier molecular flexibility index (Phi) is 12.5. The van der Waals surface area contributed by atoms with Crippen LogP contribution in [-0.4, -0.2) is 67.7 Å². The van der Waals surface area contributed by atoms with E-state index in [4.69, 9.17) is 5.73 Å². The summed E-state index contributed by atoms with van der Waals surface area (Å²) in [6.45, 7) is 3.78. The summed E-state index contributed by atoms with van der Waals surface area (Å²) >= 11 is 0. The van der Waals surface area contributed by atoms with E-state index in [-0.39, 0.29) is 29.7 Å². The molecule has 4 aromatic rings. The van der Waals surface area contributed by atoms with E-state index in [0.717, 1.165) is 22.6 Å². The van der Waals surface area contributed by atoms with Crippen molar-refractivity contribution in [2.24, 2.45) is 11.8 Å². The van der Waals surface area contributed by atoms with Crippen LogP contribution in [0.5, 0.6) is 0 Å². The summed E-state index contributed by atoms with van der Waals surface area (Å²) in [6, 6.07) is 27.7. The zero-order valence-electron chi connectivity index (χ0n) is 26.8. The first-order valence-corrected chi connectivity index (χ1v) is 20.0. The van der Waals surface area contributed by atoms with Gasteiger partial charge in [0.1, 0.15) is 0 Å². The van der Waals surface area contributed by atoms with Gasteiger partial charge in [0, 0.05) is 35.3 Å². The van der Waals surface area contributed by atoms with Gasteiger partial charge in [-0.25, -0.2) is 21.6 Å². The maximum Gasteiger partial charge on any atom is 0.243 e. The van der Waals surface area contributed by atoms with E-state index in [0.29, 0.717) is 17.0 Å². The van der Waals surface area contributed by atoms with Crippen molar-refractivity contribution in [3.63, 3.8) is 0 Å². The fraction of sp³-hybridized carbons (Fsp3) is 0.314. The van der Waals surface area contributed by atoms with Crippen LogP contribution in [0.3, 0.4) is 0 Å². The van der Waals surface area contributed by atoms with Crippen LogP contribution in [0.2, 0.25) is 0 Å². The third kappa shape index (κ3) is 10.8. The van der Waals surface area contributed by atoms with E-state index in [1.165, 1.54) is 28.6 Å². The van der Waals surface area contributed by atoms with Crippen molar-refractivity contribution in [3.8, 4) is 0 Å². The first-order valence-electron chi connectivity index (χ1n) is 15.3. The summed E-state index contributed by atoms with van der Waals surface area (Å²) in [4.78, 5) is 0.638. The lowest BCUT2D eigenvalue weighted by molar-refractivity contribution is 0.103. The summed E-state index contributed by atoms with van der Waals surface area (Å²) in [5.74, 6) is -0.671. The molecule has 252 valence electrons. The third-order valence-corrected chi connectivity index (χ3v) is 11.6. The minimum atomic E-state index is -3.97. The molecular weight excluding hydrogens is 655 g/mol. The van der Waals surface area contributed by atoms with E-state index >= 15 is 0 Å². The number of nitrogens with one attached hydrogen (secondary N) is 1. The summed E-state index contributed by atoms with van der Waals surface area (Å²) in [7, 11) is -9.22. The third-order valence-electron chi connectivity index (χ3n) is 7.56. The number of anilines is 1. The van der Waals surface area contributed by atoms with Gasteiger partial charge in [-0.05, 0) is 65.1 Å². The van der Waals surface area contributed by atoms with Crippen LogP contribution in [0.15, 0.2) is 119 Å². The topological polar surface area (TPSA) is 147 Å². The zero-order valence-corrected chi connectivity index (χ0v) is 29.2. The molecule has 0 heterocycles. The van der Waals surface area contributed by atoms with Crippen LogP contribution in [0.1, 0.15) is 19.4 Å². The molecule has 0 fully saturated rings. The maximum atomic E-state index is 13.7. The van der Waals surface area contributed by atoms with Crippen molar-refractivity contribution >= 4 is 47.3 Å². The number of aliphatic hydroxyl groups excluding tert-OH is 1. The molecule has 4 rings (SSSR count). The standard InChI is InChI=1S/C35H43N3O6S3/c1-26(2)23-38(47(43,44)34-19-15-31(36)16-20-34)24-35(39)30(21-27-9-5-4-6-10-27)13-17-32(37-46(3,41)42)25-45(40)33-18-14-28-11-7-8-12-29(28)22-33/h4-20,22,26,30,32,35,37,39H,21,23-25,36H2,1-3H3/t30-,32+,35-,45?/m1/s1. The molecule has 4 atom stereocenters. The minimum Gasteiger partial charge on any atom is -0.399 e. The molecule has 0 spiro atoms. The molecule has 4 aromatic carbocycles. The molecular formula is C35H43N3O6S3. The number of nitrogens with two attached hydrogens (primary N) is 1. The Morgan fingerprint density at radius 1 is 0.851 bits per heavy atom. The maximum absolute atomic E-state index is 13.7. The quantitative estimate of drug-likeness (QED) is 0.115. The second-order valence-corrected chi connectivity index (χ2v) is 17.3. The van der Waals surface area contributed by atoms with Crippen molar-refractivity contribution < 1.29 is 26.2 Å². The number of sulfonamides is 2. The molecule has 0 aromatic heterocycles. The minimum absolute atomic E-state index is 0.0256. The van der Waals surface area contributed by atoms with Crippen molar-refractivity contribution in [2.75, 3.05) is 30.8 Å². The second kappa shape index (κ2) is 16.1. The monoisotopic (exact) mass is 697 g/mol. The van der Waals surface area contributed by atoms with Gasteiger partial charge in [-0.1, -0.05) is 86.7 Å². The molecule has 0 saturated heterocycles. The number of hydrogen-bond acceptors (Lipinski definition) is 7. The molecule has 0 amide bonds. The molecule has 9 nitrogen and oxygen atoms in total. The van der Waals surface area contributed by atoms with Gasteiger partial charge in [0.25, 0.3) is 0 Å². The van der Waals surface area contributed by atoms with Gasteiger partial charge in [-0.2, -0.15) is 4.31 Å². The highest BCUT2D eigenvalue weighted by Crippen LogP contribution is 2.23. The first kappa shape index (κ1) is 36.4. The lowest BCUT2D eigenvalue weighted by Crippen LogP contribution is -2.42. The van der Waals surface area contributed by atoms with Crippen LogP contribution in [-0.2, 0) is 37.3 Å². The molecule has 0 aliphatic heterocycles. The first-order chi connectivity index (χ1) is 22.2. The molecule has 1 unspecified atom stereocenters. The molecule has 0 saturated carbocycles. The van der Waals surface area contributed by atoms with Crippen LogP contribution in [0.25, 0.3) is 10.8 Å². The molecule has 12 heteroatoms. The summed E-state index contributed by atoms with van der Waals surface area (Å²) in [5.41, 5.74) is 7.13. The van der Waals surface area contributed by atoms with E-state index < -0.39 is 48.9 Å². The molecule has 47 heavy (non-hydrogen) atoms. The Morgan fingerprint density at radius 2 is 1.49 bits per heavy atom. The van der Waals surface area contributed by atoms with Crippen molar-refractivity contribution in [3.05, 3.63) is 115 Å². The normalized spacial score (nSPS) is 15.3. The van der Waals surface area contributed by atoms with Crippen molar-refractivity contribution in [1.82, 2.24) is 9.03 Å². The smallest absolute Gasteiger partial charge is 0.243 e. The van der Waals surface area contributed by atoms with Gasteiger partial charge < -0.3 is 10.8 Å². The molecule has 4 N–H and O–H groups in total. The van der Waals surface area contributed by atoms with Crippen LogP contribution < -0.4 is 10.5 Å². The van der Waals surface area contributed by atoms with E-state index in [2.05, 4.69) is 4.72 Å². The predicted molar refractivity (Wildman–Crippen MR) is 190 cm³/mol. The molecule has 0 aliphatic carbocycles. The average Bonchev–Trinajstić information content (AvgIpc) is 3.02. The van der Waals surface area contributed by atoms with Crippen LogP contribution >= 0.6 is 0 Å². The number of benzene rings is 4. The number of aliphatic hydroxyl groups is 1. The highest BCUT2D eigenvalue weighted by Gasteiger charge is 2.30. The molecule has 0 radical (unpaired) electrons. The van der Waals surface area contributed by atoms with Crippen molar-refractivity contribution in [2.45, 2.75) is 42.2 Å². The van der Waals surface area contributed by atoms with Crippen LogP contribution in [0.4, 0.5) is 5.69 Å². The fourth-order valence-electron chi connectivity index (χ4n) is 5.28. The zero-order chi connectivity index (χ0) is 34.2. The van der Waals surface area contributed by atoms with E-state index in [9.17, 15) is 26.2 Å². The SMILES string of the molecule is CC(C)CN(C[C@@H](O)[C@H](C=C[C@@H](CS(=O)c1ccc2ccccc2c1)NS(C)(=O)=O)Cc1ccccc1)S(=O)(=O)c1ccc(N)cc1. The van der Waals surface area contributed by atoms with E-state index in [1.54, 1.807) is 18.2 Å². The Labute approximate surface area is 281 Å². The van der Waals surface area contributed by atoms with Crippen LogP contribution in [0, 0.1) is 11.8 Å². The Balaban J connectivity index is 1.63. The Morgan fingerprint density at radius 3 is 2.13 bits per heavy atom. The molecule has 0 aliphatic rings. The van der Waals surface area contributed by atoms with E-state index in [1.807, 2.05) is 80.6 Å². The van der Waals surface area contributed by atoms with Gasteiger partial charge in [0.2, 0.25) is 20.0 Å². The number of fused-ring (bicyclic) bond motifs is 1. The summed E-state index contributed by atoms with van der Waals surface area (Å²) in [5, 5.41) is 13.6. The van der Waals surface area contributed by atoms with Gasteiger partial charge in [-0.15, -0.1) is 0 Å². The number of rotatable bonds is 16. The summed E-state index contributed by atoms with van der Waals surface area (Å²) in [6.07, 6.45) is 3.54. The highest BCUT2D eigenvalue weighted by molar-refractivity contribution is 7.89. The van der Waals surface area contributed by atoms with Gasteiger partial charge in [-0.3, -0.25) is 4.21 Å². The number of nitrogen functional groups attached to an aromatic ring is 1. The largest absolute Gasteiger partial charge is 0.399 e. The van der Waals surface area contributed by atoms with Gasteiger partial charge >= 0.3 is 0 Å². The lowest BCUT2D eigenvalue weighted by atomic mass is 9.92. The average molecular weight is 698 g/mol. The highest BCUT2D eigenvalue weighted by atomic mass is 32.2. The van der Waals surface area contributed by atoms with Crippen molar-refractivity contribution in [1.29, 1.82) is 0 Å². The lowest BCUT2D eigenvalue weighted by Gasteiger charge is -2.29. The predicted octanol–water partition coefficient (Wildman–Crippen LogP) is 4.57. The number of nitrogens with zero attached hydrogens (tertiary/aromatic N) is 1. The van der Waals surface area contributed by atoms with Gasteiger partial charge in [0.05, 0.1) is 34.1 Å². The second-order valence-electron chi connectivity index (χ2n) is 12.1. The Bertz CT molecular complexity index is 1900. The fourth-order valence-corrected chi connectivity index (χ4v) is 8.91. The molecule has 0 bridgehead atoms. The number of hydrogen-bond donors (Lipinski definition) is 3.